The molecule has 2 aromatic heterocycles. The van der Waals surface area contributed by atoms with Gasteiger partial charge in [-0.05, 0) is 66.8 Å². The van der Waals surface area contributed by atoms with Gasteiger partial charge in [-0.25, -0.2) is 4.98 Å². The molecule has 0 radical (unpaired) electrons. The van der Waals surface area contributed by atoms with Gasteiger partial charge < -0.3 is 20.3 Å². The number of benzene rings is 2. The van der Waals surface area contributed by atoms with Crippen LogP contribution in [0.4, 0.5) is 11.5 Å². The van der Waals surface area contributed by atoms with Crippen molar-refractivity contribution >= 4 is 34.4 Å². The molecule has 1 aliphatic rings. The zero-order valence-corrected chi connectivity index (χ0v) is 22.3. The number of aryl methyl sites for hydroxylation is 1. The number of anilines is 2. The van der Waals surface area contributed by atoms with Crippen LogP contribution in [0.3, 0.4) is 0 Å². The number of aromatic nitrogens is 3. The third kappa shape index (κ3) is 5.62. The molecule has 1 aliphatic heterocycles. The van der Waals surface area contributed by atoms with Gasteiger partial charge in [0.05, 0.1) is 0 Å². The van der Waals surface area contributed by atoms with Crippen molar-refractivity contribution in [2.24, 2.45) is 0 Å². The molecule has 3 N–H and O–H groups in total. The molecule has 1 unspecified atom stereocenters. The third-order valence-corrected chi connectivity index (χ3v) is 6.91. The highest BCUT2D eigenvalue weighted by atomic mass is 16.5. The molecule has 2 aromatic carbocycles. The lowest BCUT2D eigenvalue weighted by molar-refractivity contribution is -0.125. The third-order valence-electron chi connectivity index (χ3n) is 6.91. The fourth-order valence-corrected chi connectivity index (χ4v) is 4.94. The number of carbonyl (C=O) groups excluding carboxylic acids is 2. The Morgan fingerprint density at radius 1 is 1.21 bits per heavy atom. The van der Waals surface area contributed by atoms with Crippen molar-refractivity contribution in [1.29, 1.82) is 0 Å². The fourth-order valence-electron chi connectivity index (χ4n) is 4.94. The zero-order chi connectivity index (χ0) is 27.5. The van der Waals surface area contributed by atoms with E-state index >= 15 is 0 Å². The Labute approximate surface area is 227 Å². The lowest BCUT2D eigenvalue weighted by Gasteiger charge is -2.15. The molecular weight excluding hydrogens is 492 g/mol. The number of hydrogen-bond donors (Lipinski definition) is 3. The number of aromatic amines is 1. The molecule has 4 aromatic rings. The van der Waals surface area contributed by atoms with Gasteiger partial charge in [-0.1, -0.05) is 32.6 Å². The summed E-state index contributed by atoms with van der Waals surface area (Å²) < 4.78 is 6.24. The predicted octanol–water partition coefficient (Wildman–Crippen LogP) is 5.63. The van der Waals surface area contributed by atoms with E-state index < -0.39 is 0 Å². The SMILES string of the molecule is C=CC(=O)N1CCC(Nc2n[nH]c3nccc(Oc4cccc(C(=O)Nc5ccc(C(C)C)c(C)c5)c4)c23)C1. The largest absolute Gasteiger partial charge is 0.456 e. The standard InChI is InChI=1S/C30H32N6O3/c1-5-26(37)36-14-12-22(17-36)32-29-27-25(11-13-31-28(27)34-35-29)39-23-8-6-7-20(16-23)30(38)33-21-9-10-24(18(2)3)19(4)15-21/h5-11,13,15-16,18,22H,1,12,14,17H2,2-4H3,(H,33,38)(H2,31,32,34,35). The minimum Gasteiger partial charge on any atom is -0.456 e. The number of carbonyl (C=O) groups is 2. The van der Waals surface area contributed by atoms with Crippen LogP contribution in [0.1, 0.15) is 47.7 Å². The number of nitrogens with zero attached hydrogens (tertiary/aromatic N) is 3. The fraction of sp³-hybridized carbons (Fsp3) is 0.267. The number of amides is 2. The van der Waals surface area contributed by atoms with Crippen molar-refractivity contribution in [3.05, 3.63) is 84.1 Å². The van der Waals surface area contributed by atoms with Crippen LogP contribution in [0.2, 0.25) is 0 Å². The van der Waals surface area contributed by atoms with Crippen molar-refractivity contribution in [2.45, 2.75) is 39.2 Å². The maximum Gasteiger partial charge on any atom is 0.255 e. The maximum atomic E-state index is 13.0. The van der Waals surface area contributed by atoms with Gasteiger partial charge in [-0.15, -0.1) is 0 Å². The molecule has 1 atom stereocenters. The van der Waals surface area contributed by atoms with Gasteiger partial charge in [0.2, 0.25) is 5.91 Å². The van der Waals surface area contributed by atoms with Gasteiger partial charge in [0.25, 0.3) is 5.91 Å². The molecule has 39 heavy (non-hydrogen) atoms. The molecule has 1 saturated heterocycles. The number of ether oxygens (including phenoxy) is 1. The summed E-state index contributed by atoms with van der Waals surface area (Å²) in [7, 11) is 0. The molecule has 2 amide bonds. The minimum absolute atomic E-state index is 0.0405. The molecule has 1 fully saturated rings. The first kappa shape index (κ1) is 26.0. The monoisotopic (exact) mass is 524 g/mol. The number of pyridine rings is 1. The number of fused-ring (bicyclic) bond motifs is 1. The zero-order valence-electron chi connectivity index (χ0n) is 22.3. The molecule has 0 aliphatic carbocycles. The van der Waals surface area contributed by atoms with Crippen LogP contribution in [-0.2, 0) is 4.79 Å². The molecule has 9 heteroatoms. The topological polar surface area (TPSA) is 112 Å². The van der Waals surface area contributed by atoms with Crippen molar-refractivity contribution in [3.63, 3.8) is 0 Å². The average molecular weight is 525 g/mol. The number of H-pyrrole nitrogens is 1. The van der Waals surface area contributed by atoms with E-state index in [0.717, 1.165) is 17.7 Å². The minimum atomic E-state index is -0.220. The summed E-state index contributed by atoms with van der Waals surface area (Å²) in [6.07, 6.45) is 3.76. The van der Waals surface area contributed by atoms with E-state index in [0.29, 0.717) is 52.9 Å². The van der Waals surface area contributed by atoms with Crippen LogP contribution in [0, 0.1) is 6.92 Å². The van der Waals surface area contributed by atoms with Crippen LogP contribution in [-0.4, -0.2) is 51.0 Å². The quantitative estimate of drug-likeness (QED) is 0.258. The van der Waals surface area contributed by atoms with E-state index in [4.69, 9.17) is 4.74 Å². The van der Waals surface area contributed by atoms with Crippen molar-refractivity contribution in [1.82, 2.24) is 20.1 Å². The van der Waals surface area contributed by atoms with E-state index in [1.807, 2.05) is 12.1 Å². The summed E-state index contributed by atoms with van der Waals surface area (Å²) in [5.74, 6) is 1.78. The molecule has 200 valence electrons. The Balaban J connectivity index is 1.33. The number of hydrogen-bond acceptors (Lipinski definition) is 6. The summed E-state index contributed by atoms with van der Waals surface area (Å²) in [6.45, 7) is 11.1. The Morgan fingerprint density at radius 3 is 2.82 bits per heavy atom. The van der Waals surface area contributed by atoms with Gasteiger partial charge in [0.15, 0.2) is 11.5 Å². The smallest absolute Gasteiger partial charge is 0.255 e. The second-order valence-electron chi connectivity index (χ2n) is 10.0. The first-order valence-electron chi connectivity index (χ1n) is 13.0. The number of likely N-dealkylation sites (tertiary alicyclic amines) is 1. The maximum absolute atomic E-state index is 13.0. The van der Waals surface area contributed by atoms with Gasteiger partial charge >= 0.3 is 0 Å². The van der Waals surface area contributed by atoms with E-state index in [9.17, 15) is 9.59 Å². The Bertz CT molecular complexity index is 1540. The summed E-state index contributed by atoms with van der Waals surface area (Å²) in [5.41, 5.74) is 4.20. The Hall–Kier alpha value is -4.66. The first-order chi connectivity index (χ1) is 18.8. The van der Waals surface area contributed by atoms with Crippen molar-refractivity contribution < 1.29 is 14.3 Å². The molecular formula is C30H32N6O3. The second kappa shape index (κ2) is 11.0. The van der Waals surface area contributed by atoms with Gasteiger partial charge in [-0.2, -0.15) is 5.10 Å². The number of nitrogens with one attached hydrogen (secondary N) is 3. The lowest BCUT2D eigenvalue weighted by atomic mass is 9.97. The Kier molecular flexibility index (Phi) is 7.31. The predicted molar refractivity (Wildman–Crippen MR) is 152 cm³/mol. The van der Waals surface area contributed by atoms with Gasteiger partial charge in [0.1, 0.15) is 16.9 Å². The molecule has 0 saturated carbocycles. The highest BCUT2D eigenvalue weighted by Crippen LogP contribution is 2.34. The van der Waals surface area contributed by atoms with E-state index in [1.165, 1.54) is 11.6 Å². The lowest BCUT2D eigenvalue weighted by Crippen LogP contribution is -2.30. The van der Waals surface area contributed by atoms with Crippen molar-refractivity contribution in [2.75, 3.05) is 23.7 Å². The molecule has 0 bridgehead atoms. The van der Waals surface area contributed by atoms with E-state index in [-0.39, 0.29) is 17.9 Å². The second-order valence-corrected chi connectivity index (χ2v) is 10.0. The molecule has 3 heterocycles. The molecule has 9 nitrogen and oxygen atoms in total. The van der Waals surface area contributed by atoms with E-state index in [2.05, 4.69) is 59.2 Å². The van der Waals surface area contributed by atoms with Crippen molar-refractivity contribution in [3.8, 4) is 11.5 Å². The highest BCUT2D eigenvalue weighted by molar-refractivity contribution is 6.04. The van der Waals surface area contributed by atoms with E-state index in [1.54, 1.807) is 41.4 Å². The van der Waals surface area contributed by atoms with Crippen LogP contribution in [0.15, 0.2) is 67.4 Å². The average Bonchev–Trinajstić information content (AvgIpc) is 3.56. The van der Waals surface area contributed by atoms with Crippen LogP contribution >= 0.6 is 0 Å². The first-order valence-corrected chi connectivity index (χ1v) is 13.0. The number of rotatable bonds is 8. The van der Waals surface area contributed by atoms with Gasteiger partial charge in [0, 0.05) is 42.6 Å². The normalized spacial score (nSPS) is 15.0. The van der Waals surface area contributed by atoms with Crippen LogP contribution in [0.5, 0.6) is 11.5 Å². The summed E-state index contributed by atoms with van der Waals surface area (Å²) in [4.78, 5) is 31.1. The Morgan fingerprint density at radius 2 is 2.05 bits per heavy atom. The highest BCUT2D eigenvalue weighted by Gasteiger charge is 2.26. The van der Waals surface area contributed by atoms with Gasteiger partial charge in [-0.3, -0.25) is 14.7 Å². The summed E-state index contributed by atoms with van der Waals surface area (Å²) in [5, 5.41) is 14.4. The van der Waals surface area contributed by atoms with Crippen LogP contribution < -0.4 is 15.4 Å². The molecule has 5 rings (SSSR count). The summed E-state index contributed by atoms with van der Waals surface area (Å²) in [6, 6.07) is 14.8. The summed E-state index contributed by atoms with van der Waals surface area (Å²) >= 11 is 0. The molecule has 0 spiro atoms. The van der Waals surface area contributed by atoms with Crippen LogP contribution in [0.25, 0.3) is 11.0 Å².